The van der Waals surface area contributed by atoms with E-state index in [9.17, 15) is 22.0 Å². The van der Waals surface area contributed by atoms with E-state index in [2.05, 4.69) is 5.32 Å². The second kappa shape index (κ2) is 7.33. The molecule has 0 aromatic heterocycles. The van der Waals surface area contributed by atoms with Crippen molar-refractivity contribution in [2.45, 2.75) is 17.1 Å². The number of nitrogens with one attached hydrogen (secondary N) is 1. The zero-order valence-electron chi connectivity index (χ0n) is 12.8. The van der Waals surface area contributed by atoms with E-state index in [1.54, 1.807) is 0 Å². The molecule has 2 saturated heterocycles. The quantitative estimate of drug-likeness (QED) is 0.855. The van der Waals surface area contributed by atoms with Gasteiger partial charge in [0.15, 0.2) is 0 Å². The number of rotatable bonds is 4. The van der Waals surface area contributed by atoms with Crippen molar-refractivity contribution in [3.63, 3.8) is 0 Å². The number of halogens is 3. The zero-order chi connectivity index (χ0) is 16.6. The molecule has 1 aromatic carbocycles. The van der Waals surface area contributed by atoms with Crippen LogP contribution in [0.4, 0.5) is 8.78 Å². The molecule has 2 fully saturated rings. The molecule has 9 heteroatoms. The van der Waals surface area contributed by atoms with Gasteiger partial charge < -0.3 is 10.2 Å². The van der Waals surface area contributed by atoms with Crippen molar-refractivity contribution in [1.82, 2.24) is 10.2 Å². The largest absolute Gasteiger partial charge is 0.342 e. The van der Waals surface area contributed by atoms with Crippen molar-refractivity contribution in [3.8, 4) is 0 Å². The molecular formula is C15H19ClF2N2O3S. The molecule has 2 aliphatic rings. The second-order valence-electron chi connectivity index (χ2n) is 6.10. The Kier molecular flexibility index (Phi) is 5.83. The van der Waals surface area contributed by atoms with E-state index >= 15 is 0 Å². The Bertz CT molecular complexity index is 685. The van der Waals surface area contributed by atoms with Crippen LogP contribution in [-0.4, -0.2) is 51.2 Å². The lowest BCUT2D eigenvalue weighted by Crippen LogP contribution is -2.32. The summed E-state index contributed by atoms with van der Waals surface area (Å²) in [4.78, 5) is 13.7. The number of carbonyl (C=O) groups is 1. The molecule has 134 valence electrons. The molecule has 2 aliphatic heterocycles. The van der Waals surface area contributed by atoms with Crippen LogP contribution in [0.2, 0.25) is 0 Å². The molecule has 0 spiro atoms. The van der Waals surface area contributed by atoms with Gasteiger partial charge in [0, 0.05) is 26.2 Å². The minimum Gasteiger partial charge on any atom is -0.342 e. The van der Waals surface area contributed by atoms with Crippen LogP contribution in [0.15, 0.2) is 29.2 Å². The summed E-state index contributed by atoms with van der Waals surface area (Å²) in [6.45, 7) is 3.37. The van der Waals surface area contributed by atoms with Crippen molar-refractivity contribution < 1.29 is 22.0 Å². The number of amides is 1. The monoisotopic (exact) mass is 380 g/mol. The summed E-state index contributed by atoms with van der Waals surface area (Å²) in [5.74, 6) is -2.42. The van der Waals surface area contributed by atoms with Gasteiger partial charge in [0.25, 0.3) is 0 Å². The average molecular weight is 381 g/mol. The number of fused-ring (bicyclic) bond motifs is 1. The molecule has 1 N–H and O–H groups in total. The first-order valence-corrected chi connectivity index (χ1v) is 9.02. The number of nitrogens with zero attached hydrogens (tertiary/aromatic N) is 1. The number of hydrogen-bond donors (Lipinski definition) is 1. The fourth-order valence-corrected chi connectivity index (χ4v) is 3.97. The zero-order valence-corrected chi connectivity index (χ0v) is 14.5. The summed E-state index contributed by atoms with van der Waals surface area (Å²) in [6.07, 6.45) is 0.155. The number of hydrogen-bond acceptors (Lipinski definition) is 4. The van der Waals surface area contributed by atoms with E-state index in [0.717, 1.165) is 38.3 Å². The highest BCUT2D eigenvalue weighted by Gasteiger charge is 2.37. The van der Waals surface area contributed by atoms with Crippen LogP contribution >= 0.6 is 12.4 Å². The maximum Gasteiger partial charge on any atom is 0.341 e. The number of alkyl halides is 2. The lowest BCUT2D eigenvalue weighted by molar-refractivity contribution is -0.129. The highest BCUT2D eigenvalue weighted by molar-refractivity contribution is 7.91. The van der Waals surface area contributed by atoms with Gasteiger partial charge in [0.05, 0.1) is 11.3 Å². The summed E-state index contributed by atoms with van der Waals surface area (Å²) in [7, 11) is -4.58. The predicted octanol–water partition coefficient (Wildman–Crippen LogP) is 1.32. The topological polar surface area (TPSA) is 66.5 Å². The van der Waals surface area contributed by atoms with Crippen molar-refractivity contribution in [2.24, 2.45) is 11.8 Å². The van der Waals surface area contributed by atoms with E-state index in [-0.39, 0.29) is 24.7 Å². The molecule has 2 atom stereocenters. The fraction of sp³-hybridized carbons (Fsp3) is 0.533. The summed E-state index contributed by atoms with van der Waals surface area (Å²) >= 11 is 0. The molecular weight excluding hydrogens is 362 g/mol. The third-order valence-corrected chi connectivity index (χ3v) is 5.98. The van der Waals surface area contributed by atoms with E-state index in [1.807, 2.05) is 4.90 Å². The predicted molar refractivity (Wildman–Crippen MR) is 87.0 cm³/mol. The van der Waals surface area contributed by atoms with Crippen LogP contribution in [0.5, 0.6) is 0 Å². The lowest BCUT2D eigenvalue weighted by Gasteiger charge is -2.17. The van der Waals surface area contributed by atoms with E-state index < -0.39 is 20.5 Å². The van der Waals surface area contributed by atoms with Gasteiger partial charge in [-0.1, -0.05) is 12.1 Å². The smallest absolute Gasteiger partial charge is 0.341 e. The Morgan fingerprint density at radius 2 is 1.71 bits per heavy atom. The third-order valence-electron chi connectivity index (χ3n) is 4.58. The summed E-state index contributed by atoms with van der Waals surface area (Å²) in [5.41, 5.74) is 0.624. The molecule has 0 unspecified atom stereocenters. The summed E-state index contributed by atoms with van der Waals surface area (Å²) < 4.78 is 47.7. The fourth-order valence-electron chi connectivity index (χ4n) is 3.25. The van der Waals surface area contributed by atoms with Crippen LogP contribution in [0.3, 0.4) is 0 Å². The van der Waals surface area contributed by atoms with E-state index in [1.165, 1.54) is 12.1 Å². The molecule has 24 heavy (non-hydrogen) atoms. The Hall–Kier alpha value is -1.25. The number of carbonyl (C=O) groups excluding carboxylic acids is 1. The van der Waals surface area contributed by atoms with Crippen LogP contribution in [0, 0.1) is 11.8 Å². The molecule has 0 bridgehead atoms. The van der Waals surface area contributed by atoms with Crippen molar-refractivity contribution in [2.75, 3.05) is 26.2 Å². The van der Waals surface area contributed by atoms with Crippen LogP contribution in [0.25, 0.3) is 0 Å². The van der Waals surface area contributed by atoms with Crippen LogP contribution in [-0.2, 0) is 21.1 Å². The first-order chi connectivity index (χ1) is 10.9. The van der Waals surface area contributed by atoms with Gasteiger partial charge in [-0.15, -0.1) is 12.4 Å². The Morgan fingerprint density at radius 1 is 1.17 bits per heavy atom. The van der Waals surface area contributed by atoms with Crippen molar-refractivity contribution in [3.05, 3.63) is 29.8 Å². The highest BCUT2D eigenvalue weighted by atomic mass is 35.5. The molecule has 0 radical (unpaired) electrons. The van der Waals surface area contributed by atoms with Crippen LogP contribution in [0.1, 0.15) is 5.56 Å². The molecule has 2 heterocycles. The average Bonchev–Trinajstić information content (AvgIpc) is 3.08. The van der Waals surface area contributed by atoms with Crippen LogP contribution < -0.4 is 5.32 Å². The molecule has 1 amide bonds. The highest BCUT2D eigenvalue weighted by Crippen LogP contribution is 2.27. The van der Waals surface area contributed by atoms with Gasteiger partial charge >= 0.3 is 5.76 Å². The molecule has 0 saturated carbocycles. The first-order valence-electron chi connectivity index (χ1n) is 7.47. The van der Waals surface area contributed by atoms with Crippen molar-refractivity contribution in [1.29, 1.82) is 0 Å². The maximum absolute atomic E-state index is 12.5. The number of likely N-dealkylation sites (tertiary alicyclic amines) is 1. The van der Waals surface area contributed by atoms with Gasteiger partial charge in [-0.3, -0.25) is 4.79 Å². The Balaban J connectivity index is 0.00000208. The van der Waals surface area contributed by atoms with Gasteiger partial charge in [-0.25, -0.2) is 8.42 Å². The van der Waals surface area contributed by atoms with Gasteiger partial charge in [-0.2, -0.15) is 8.78 Å². The molecule has 1 aromatic rings. The number of benzene rings is 1. The normalized spacial score (nSPS) is 23.2. The first kappa shape index (κ1) is 19.1. The summed E-state index contributed by atoms with van der Waals surface area (Å²) in [6, 6.07) is 5.11. The van der Waals surface area contributed by atoms with E-state index in [0.29, 0.717) is 17.4 Å². The second-order valence-corrected chi connectivity index (χ2v) is 8.02. The van der Waals surface area contributed by atoms with E-state index in [4.69, 9.17) is 0 Å². The van der Waals surface area contributed by atoms with Crippen molar-refractivity contribution >= 4 is 28.2 Å². The SMILES string of the molecule is Cl.O=C(Cc1ccc(S(=O)(=O)C(F)F)cc1)N1C[C@H]2CNC[C@H]2C1. The Morgan fingerprint density at radius 3 is 2.21 bits per heavy atom. The third kappa shape index (κ3) is 3.70. The standard InChI is InChI=1S/C15H18F2N2O3S.ClH/c16-15(17)23(21,22)13-3-1-10(2-4-13)5-14(20)19-8-11-6-18-7-12(11)9-19;/h1-4,11-12,15,18H,5-9H2;1H/t11-,12+;. The summed E-state index contributed by atoms with van der Waals surface area (Å²) in [5, 5.41) is 3.31. The minimum absolute atomic E-state index is 0. The molecule has 3 rings (SSSR count). The van der Waals surface area contributed by atoms with Gasteiger partial charge in [-0.05, 0) is 29.5 Å². The number of sulfone groups is 1. The Labute approximate surface area is 145 Å². The van der Waals surface area contributed by atoms with Gasteiger partial charge in [0.2, 0.25) is 15.7 Å². The molecule has 5 nitrogen and oxygen atoms in total. The lowest BCUT2D eigenvalue weighted by atomic mass is 10.0. The maximum atomic E-state index is 12.5. The minimum atomic E-state index is -4.58. The van der Waals surface area contributed by atoms with Gasteiger partial charge in [0.1, 0.15) is 0 Å². The molecule has 0 aliphatic carbocycles.